The normalized spacial score (nSPS) is 13.5. The van der Waals surface area contributed by atoms with E-state index in [0.29, 0.717) is 11.1 Å². The minimum absolute atomic E-state index is 0.126. The molecule has 24 heavy (non-hydrogen) atoms. The monoisotopic (exact) mass is 333 g/mol. The molecule has 1 rings (SSSR count). The lowest BCUT2D eigenvalue weighted by molar-refractivity contribution is -0.137. The van der Waals surface area contributed by atoms with Crippen molar-refractivity contribution in [2.75, 3.05) is 13.2 Å². The first kappa shape index (κ1) is 19.6. The van der Waals surface area contributed by atoms with E-state index in [-0.39, 0.29) is 25.1 Å². The van der Waals surface area contributed by atoms with Crippen molar-refractivity contribution in [2.24, 2.45) is 5.41 Å². The van der Waals surface area contributed by atoms with Gasteiger partial charge < -0.3 is 20.8 Å². The van der Waals surface area contributed by atoms with Crippen LogP contribution in [0, 0.1) is 16.7 Å². The van der Waals surface area contributed by atoms with Crippen molar-refractivity contribution in [1.29, 1.82) is 5.26 Å². The van der Waals surface area contributed by atoms with Crippen molar-refractivity contribution >= 4 is 11.8 Å². The zero-order chi connectivity index (χ0) is 18.3. The van der Waals surface area contributed by atoms with Gasteiger partial charge in [0, 0.05) is 23.6 Å². The first-order valence-corrected chi connectivity index (χ1v) is 7.59. The van der Waals surface area contributed by atoms with Crippen molar-refractivity contribution in [3.8, 4) is 6.07 Å². The highest BCUT2D eigenvalue weighted by Gasteiger charge is 2.32. The Morgan fingerprint density at radius 3 is 2.62 bits per heavy atom. The molecule has 1 aromatic carbocycles. The summed E-state index contributed by atoms with van der Waals surface area (Å²) in [7, 11) is 0. The van der Waals surface area contributed by atoms with Crippen molar-refractivity contribution in [3.63, 3.8) is 0 Å². The quantitative estimate of drug-likeness (QED) is 0.566. The van der Waals surface area contributed by atoms with Crippen LogP contribution in [0.2, 0.25) is 0 Å². The summed E-state index contributed by atoms with van der Waals surface area (Å²) in [5.41, 5.74) is -0.208. The van der Waals surface area contributed by atoms with Crippen LogP contribution in [0.5, 0.6) is 0 Å². The van der Waals surface area contributed by atoms with Crippen LogP contribution in [0.25, 0.3) is 0 Å². The Kier molecular flexibility index (Phi) is 6.89. The molecule has 0 radical (unpaired) electrons. The maximum atomic E-state index is 12.1. The number of aliphatic hydroxyl groups is 2. The van der Waals surface area contributed by atoms with Gasteiger partial charge in [0.15, 0.2) is 0 Å². The molecule has 0 saturated heterocycles. The van der Waals surface area contributed by atoms with Gasteiger partial charge in [-0.1, -0.05) is 19.9 Å². The van der Waals surface area contributed by atoms with Crippen molar-refractivity contribution < 1.29 is 19.8 Å². The number of rotatable bonds is 7. The molecule has 2 amide bonds. The predicted molar refractivity (Wildman–Crippen MR) is 88.0 cm³/mol. The maximum absolute atomic E-state index is 12.1. The van der Waals surface area contributed by atoms with E-state index in [0.717, 1.165) is 0 Å². The Hall–Kier alpha value is -2.43. The third kappa shape index (κ3) is 5.33. The molecule has 0 aliphatic heterocycles. The van der Waals surface area contributed by atoms with E-state index in [1.54, 1.807) is 39.0 Å². The summed E-state index contributed by atoms with van der Waals surface area (Å²) in [6, 6.07) is 7.88. The topological polar surface area (TPSA) is 122 Å². The minimum Gasteiger partial charge on any atom is -0.396 e. The Morgan fingerprint density at radius 2 is 2.04 bits per heavy atom. The van der Waals surface area contributed by atoms with Gasteiger partial charge in [-0.2, -0.15) is 5.26 Å². The number of nitrogens with zero attached hydrogens (tertiary/aromatic N) is 1. The summed E-state index contributed by atoms with van der Waals surface area (Å²) in [6.07, 6.45) is -1.35. The van der Waals surface area contributed by atoms with E-state index >= 15 is 0 Å². The van der Waals surface area contributed by atoms with Gasteiger partial charge in [0.2, 0.25) is 5.91 Å². The summed E-state index contributed by atoms with van der Waals surface area (Å²) in [4.78, 5) is 24.0. The third-order valence-electron chi connectivity index (χ3n) is 3.61. The van der Waals surface area contributed by atoms with Crippen LogP contribution in [-0.4, -0.2) is 47.3 Å². The van der Waals surface area contributed by atoms with Gasteiger partial charge in [0.05, 0.1) is 18.2 Å². The van der Waals surface area contributed by atoms with Crippen LogP contribution in [-0.2, 0) is 4.79 Å². The molecule has 0 saturated carbocycles. The Balaban J connectivity index is 2.54. The molecule has 130 valence electrons. The molecular formula is C17H23N3O4. The molecule has 0 aliphatic carbocycles. The van der Waals surface area contributed by atoms with E-state index in [4.69, 9.17) is 10.4 Å². The van der Waals surface area contributed by atoms with E-state index < -0.39 is 17.4 Å². The highest BCUT2D eigenvalue weighted by atomic mass is 16.3. The molecule has 1 aromatic rings. The lowest BCUT2D eigenvalue weighted by Gasteiger charge is -2.27. The maximum Gasteiger partial charge on any atom is 0.251 e. The zero-order valence-corrected chi connectivity index (χ0v) is 14.0. The summed E-state index contributed by atoms with van der Waals surface area (Å²) in [5.74, 6) is -0.966. The summed E-state index contributed by atoms with van der Waals surface area (Å²) >= 11 is 0. The number of hydrogen-bond acceptors (Lipinski definition) is 5. The molecule has 0 aliphatic rings. The number of aliphatic hydroxyl groups excluding tert-OH is 2. The molecular weight excluding hydrogens is 310 g/mol. The summed E-state index contributed by atoms with van der Waals surface area (Å²) in [6.45, 7) is 4.65. The molecule has 0 aromatic heterocycles. The van der Waals surface area contributed by atoms with E-state index in [2.05, 4.69) is 10.6 Å². The second-order valence-electron chi connectivity index (χ2n) is 6.36. The number of amides is 2. The SMILES string of the molecule is CC(CNC(=O)C(O)C(C)(C)CO)NC(=O)c1cccc(C#N)c1. The van der Waals surface area contributed by atoms with Gasteiger partial charge in [-0.05, 0) is 25.1 Å². The molecule has 2 unspecified atom stereocenters. The molecule has 0 fully saturated rings. The van der Waals surface area contributed by atoms with Gasteiger partial charge in [-0.3, -0.25) is 9.59 Å². The second kappa shape index (κ2) is 8.43. The first-order valence-electron chi connectivity index (χ1n) is 7.59. The highest BCUT2D eigenvalue weighted by Crippen LogP contribution is 2.19. The van der Waals surface area contributed by atoms with Crippen LogP contribution in [0.4, 0.5) is 0 Å². The minimum atomic E-state index is -1.35. The Morgan fingerprint density at radius 1 is 1.38 bits per heavy atom. The number of nitriles is 1. The molecule has 0 heterocycles. The van der Waals surface area contributed by atoms with Crippen LogP contribution in [0.1, 0.15) is 36.7 Å². The van der Waals surface area contributed by atoms with Crippen LogP contribution < -0.4 is 10.6 Å². The molecule has 0 spiro atoms. The number of hydrogen-bond donors (Lipinski definition) is 4. The standard InChI is InChI=1S/C17H23N3O4/c1-11(9-19-16(24)14(22)17(2,3)10-21)20-15(23)13-6-4-5-12(7-13)8-18/h4-7,11,14,21-22H,9-10H2,1-3H3,(H,19,24)(H,20,23). The predicted octanol–water partition coefficient (Wildman–Crippen LogP) is 0.172. The first-order chi connectivity index (χ1) is 11.2. The number of benzene rings is 1. The number of nitrogens with one attached hydrogen (secondary N) is 2. The fraction of sp³-hybridized carbons (Fsp3) is 0.471. The second-order valence-corrected chi connectivity index (χ2v) is 6.36. The lowest BCUT2D eigenvalue weighted by atomic mass is 9.87. The number of carbonyl (C=O) groups excluding carboxylic acids is 2. The van der Waals surface area contributed by atoms with Gasteiger partial charge >= 0.3 is 0 Å². The average molecular weight is 333 g/mol. The van der Waals surface area contributed by atoms with Crippen LogP contribution in [0.15, 0.2) is 24.3 Å². The number of carbonyl (C=O) groups is 2. The molecule has 4 N–H and O–H groups in total. The lowest BCUT2D eigenvalue weighted by Crippen LogP contribution is -2.49. The van der Waals surface area contributed by atoms with E-state index in [1.165, 1.54) is 6.07 Å². The highest BCUT2D eigenvalue weighted by molar-refractivity contribution is 5.94. The average Bonchev–Trinajstić information content (AvgIpc) is 2.58. The largest absolute Gasteiger partial charge is 0.396 e. The van der Waals surface area contributed by atoms with Gasteiger partial charge in [-0.15, -0.1) is 0 Å². The fourth-order valence-corrected chi connectivity index (χ4v) is 1.88. The molecule has 7 heteroatoms. The Labute approximate surface area is 141 Å². The van der Waals surface area contributed by atoms with Crippen molar-refractivity contribution in [3.05, 3.63) is 35.4 Å². The third-order valence-corrected chi connectivity index (χ3v) is 3.61. The zero-order valence-electron chi connectivity index (χ0n) is 14.0. The van der Waals surface area contributed by atoms with Gasteiger partial charge in [0.1, 0.15) is 6.10 Å². The van der Waals surface area contributed by atoms with Gasteiger partial charge in [0.25, 0.3) is 5.91 Å². The van der Waals surface area contributed by atoms with Crippen LogP contribution in [0.3, 0.4) is 0 Å². The van der Waals surface area contributed by atoms with Crippen molar-refractivity contribution in [1.82, 2.24) is 10.6 Å². The van der Waals surface area contributed by atoms with Crippen LogP contribution >= 0.6 is 0 Å². The Bertz CT molecular complexity index is 637. The van der Waals surface area contributed by atoms with Crippen molar-refractivity contribution in [2.45, 2.75) is 32.9 Å². The molecule has 0 bridgehead atoms. The fourth-order valence-electron chi connectivity index (χ4n) is 1.88. The van der Waals surface area contributed by atoms with Gasteiger partial charge in [-0.25, -0.2) is 0 Å². The van der Waals surface area contributed by atoms with E-state index in [1.807, 2.05) is 6.07 Å². The molecule has 7 nitrogen and oxygen atoms in total. The molecule has 2 atom stereocenters. The summed E-state index contributed by atoms with van der Waals surface area (Å²) < 4.78 is 0. The smallest absolute Gasteiger partial charge is 0.251 e. The van der Waals surface area contributed by atoms with E-state index in [9.17, 15) is 14.7 Å². The summed E-state index contributed by atoms with van der Waals surface area (Å²) in [5, 5.41) is 33.1.